The number of unbranched alkanes of at least 4 members (excludes halogenated alkanes) is 15. The Hall–Kier alpha value is -2.82. The number of nitrogens with zero attached hydrogens (tertiary/aromatic N) is 3. The minimum absolute atomic E-state index is 0.0992. The molecule has 0 N–H and O–H groups in total. The van der Waals surface area contributed by atoms with Gasteiger partial charge in [-0.15, -0.1) is 0 Å². The Morgan fingerprint density at radius 2 is 1.39 bits per heavy atom. The molecule has 41 heavy (non-hydrogen) atoms. The first kappa shape index (κ1) is 31.1. The van der Waals surface area contributed by atoms with Crippen LogP contribution in [-0.2, 0) is 11.3 Å². The van der Waals surface area contributed by atoms with Gasteiger partial charge in [0.05, 0.1) is 18.1 Å². The standard InChI is InChI=1S/C36H53N3O2/c1-3-4-5-6-7-8-9-10-11-12-13-14-15-16-17-20-26-38-34-25-19-18-24-33(34)37-36(38)30-27-35(40)39(29-30)31-22-21-23-32(28-31)41-2/h18-19,21-25,28,30H,3-17,20,26-27,29H2,1-2H3/t30-/m0/s1. The molecule has 1 atom stereocenters. The number of imidazole rings is 1. The Labute approximate surface area is 248 Å². The molecule has 0 spiro atoms. The summed E-state index contributed by atoms with van der Waals surface area (Å²) in [6, 6.07) is 16.2. The van der Waals surface area contributed by atoms with Gasteiger partial charge in [-0.1, -0.05) is 121 Å². The molecule has 1 fully saturated rings. The predicted molar refractivity (Wildman–Crippen MR) is 172 cm³/mol. The number of fused-ring (bicyclic) bond motifs is 1. The van der Waals surface area contributed by atoms with Crippen LogP contribution in [0.4, 0.5) is 5.69 Å². The van der Waals surface area contributed by atoms with E-state index in [-0.39, 0.29) is 11.8 Å². The summed E-state index contributed by atoms with van der Waals surface area (Å²) in [4.78, 5) is 20.0. The average Bonchev–Trinajstić information content (AvgIpc) is 3.57. The van der Waals surface area contributed by atoms with Crippen LogP contribution in [0.3, 0.4) is 0 Å². The molecule has 0 saturated carbocycles. The molecule has 1 saturated heterocycles. The van der Waals surface area contributed by atoms with Gasteiger partial charge in [-0.25, -0.2) is 4.98 Å². The second-order valence-corrected chi connectivity index (χ2v) is 12.0. The number of carbonyl (C=O) groups is 1. The third kappa shape index (κ3) is 9.34. The van der Waals surface area contributed by atoms with Crippen LogP contribution in [0.15, 0.2) is 48.5 Å². The molecule has 2 aromatic carbocycles. The fourth-order valence-corrected chi connectivity index (χ4v) is 6.37. The minimum atomic E-state index is 0.0992. The van der Waals surface area contributed by atoms with Crippen LogP contribution in [0.1, 0.15) is 128 Å². The summed E-state index contributed by atoms with van der Waals surface area (Å²) in [5, 5.41) is 0. The fraction of sp³-hybridized carbons (Fsp3) is 0.611. The molecule has 0 aliphatic carbocycles. The largest absolute Gasteiger partial charge is 0.497 e. The summed E-state index contributed by atoms with van der Waals surface area (Å²) >= 11 is 0. The van der Waals surface area contributed by atoms with Crippen molar-refractivity contribution in [2.45, 2.75) is 129 Å². The number of methoxy groups -OCH3 is 1. The maximum Gasteiger partial charge on any atom is 0.227 e. The van der Waals surface area contributed by atoms with Crippen LogP contribution in [0.25, 0.3) is 11.0 Å². The summed E-state index contributed by atoms with van der Waals surface area (Å²) in [7, 11) is 1.66. The molecule has 224 valence electrons. The van der Waals surface area contributed by atoms with E-state index >= 15 is 0 Å². The van der Waals surface area contributed by atoms with E-state index in [1.54, 1.807) is 7.11 Å². The molecule has 0 radical (unpaired) electrons. The lowest BCUT2D eigenvalue weighted by Crippen LogP contribution is -2.24. The van der Waals surface area contributed by atoms with Gasteiger partial charge in [0.25, 0.3) is 0 Å². The first-order valence-corrected chi connectivity index (χ1v) is 16.6. The molecule has 0 unspecified atom stereocenters. The number of benzene rings is 2. The normalized spacial score (nSPS) is 15.3. The van der Waals surface area contributed by atoms with Crippen molar-refractivity contribution >= 4 is 22.6 Å². The van der Waals surface area contributed by atoms with Crippen molar-refractivity contribution in [1.29, 1.82) is 0 Å². The van der Waals surface area contributed by atoms with Gasteiger partial charge in [-0.05, 0) is 30.7 Å². The van der Waals surface area contributed by atoms with Crippen LogP contribution in [0.2, 0.25) is 0 Å². The highest BCUT2D eigenvalue weighted by atomic mass is 16.5. The number of aryl methyl sites for hydroxylation is 1. The third-order valence-corrected chi connectivity index (χ3v) is 8.77. The number of carbonyl (C=O) groups excluding carboxylic acids is 1. The van der Waals surface area contributed by atoms with Crippen LogP contribution < -0.4 is 9.64 Å². The molecule has 0 bridgehead atoms. The topological polar surface area (TPSA) is 47.4 Å². The van der Waals surface area contributed by atoms with Crippen LogP contribution in [-0.4, -0.2) is 29.1 Å². The monoisotopic (exact) mass is 559 g/mol. The highest BCUT2D eigenvalue weighted by Gasteiger charge is 2.35. The van der Waals surface area contributed by atoms with Crippen LogP contribution in [0, 0.1) is 0 Å². The van der Waals surface area contributed by atoms with E-state index in [4.69, 9.17) is 9.72 Å². The summed E-state index contributed by atoms with van der Waals surface area (Å²) in [5.41, 5.74) is 3.12. The lowest BCUT2D eigenvalue weighted by molar-refractivity contribution is -0.117. The number of rotatable bonds is 20. The van der Waals surface area contributed by atoms with E-state index in [0.717, 1.165) is 35.7 Å². The quantitative estimate of drug-likeness (QED) is 0.129. The Morgan fingerprint density at radius 1 is 0.780 bits per heavy atom. The molecular formula is C36H53N3O2. The van der Waals surface area contributed by atoms with Crippen LogP contribution >= 0.6 is 0 Å². The van der Waals surface area contributed by atoms with E-state index in [0.29, 0.717) is 13.0 Å². The van der Waals surface area contributed by atoms with Crippen molar-refractivity contribution in [2.24, 2.45) is 0 Å². The first-order chi connectivity index (χ1) is 20.2. The Kier molecular flexibility index (Phi) is 13.1. The summed E-state index contributed by atoms with van der Waals surface area (Å²) in [6.07, 6.45) is 22.5. The molecule has 5 nitrogen and oxygen atoms in total. The van der Waals surface area contributed by atoms with Crippen molar-refractivity contribution in [2.75, 3.05) is 18.6 Å². The van der Waals surface area contributed by atoms with E-state index in [1.165, 1.54) is 102 Å². The van der Waals surface area contributed by atoms with Crippen molar-refractivity contribution in [3.05, 3.63) is 54.4 Å². The lowest BCUT2D eigenvalue weighted by Gasteiger charge is -2.18. The van der Waals surface area contributed by atoms with Gasteiger partial charge in [0, 0.05) is 37.2 Å². The van der Waals surface area contributed by atoms with Crippen molar-refractivity contribution in [1.82, 2.24) is 9.55 Å². The van der Waals surface area contributed by atoms with E-state index in [2.05, 4.69) is 35.8 Å². The van der Waals surface area contributed by atoms with Gasteiger partial charge in [0.1, 0.15) is 11.6 Å². The zero-order valence-electron chi connectivity index (χ0n) is 25.8. The van der Waals surface area contributed by atoms with Gasteiger partial charge in [0.15, 0.2) is 0 Å². The molecule has 4 rings (SSSR count). The molecule has 1 aliphatic heterocycles. The molecule has 5 heteroatoms. The number of amides is 1. The highest BCUT2D eigenvalue weighted by Crippen LogP contribution is 2.34. The van der Waals surface area contributed by atoms with Crippen molar-refractivity contribution < 1.29 is 9.53 Å². The highest BCUT2D eigenvalue weighted by molar-refractivity contribution is 5.96. The maximum absolute atomic E-state index is 13.0. The minimum Gasteiger partial charge on any atom is -0.497 e. The molecule has 2 heterocycles. The van der Waals surface area contributed by atoms with Gasteiger partial charge in [-0.2, -0.15) is 0 Å². The first-order valence-electron chi connectivity index (χ1n) is 16.6. The number of ether oxygens (including phenoxy) is 1. The molecule has 1 aliphatic rings. The van der Waals surface area contributed by atoms with E-state index in [1.807, 2.05) is 29.2 Å². The van der Waals surface area contributed by atoms with E-state index < -0.39 is 0 Å². The van der Waals surface area contributed by atoms with Crippen LogP contribution in [0.5, 0.6) is 5.75 Å². The summed E-state index contributed by atoms with van der Waals surface area (Å²) in [6.45, 7) is 3.92. The summed E-state index contributed by atoms with van der Waals surface area (Å²) in [5.74, 6) is 2.09. The molecule has 1 aromatic heterocycles. The van der Waals surface area contributed by atoms with E-state index in [9.17, 15) is 4.79 Å². The second kappa shape index (κ2) is 17.2. The Balaban J connectivity index is 1.18. The second-order valence-electron chi connectivity index (χ2n) is 12.0. The Morgan fingerprint density at radius 3 is 2.02 bits per heavy atom. The van der Waals surface area contributed by atoms with Gasteiger partial charge in [-0.3, -0.25) is 4.79 Å². The van der Waals surface area contributed by atoms with Gasteiger partial charge < -0.3 is 14.2 Å². The number of aromatic nitrogens is 2. The number of hydrogen-bond acceptors (Lipinski definition) is 3. The number of para-hydroxylation sites is 2. The third-order valence-electron chi connectivity index (χ3n) is 8.77. The Bertz CT molecular complexity index is 1190. The van der Waals surface area contributed by atoms with Crippen molar-refractivity contribution in [3.63, 3.8) is 0 Å². The smallest absolute Gasteiger partial charge is 0.227 e. The maximum atomic E-state index is 13.0. The average molecular weight is 560 g/mol. The zero-order chi connectivity index (χ0) is 28.7. The van der Waals surface area contributed by atoms with Gasteiger partial charge in [0.2, 0.25) is 5.91 Å². The molecule has 1 amide bonds. The SMILES string of the molecule is CCCCCCCCCCCCCCCCCCn1c([C@H]2CC(=O)N(c3cccc(OC)c3)C2)nc2ccccc21. The number of anilines is 1. The van der Waals surface area contributed by atoms with Gasteiger partial charge >= 0.3 is 0 Å². The predicted octanol–water partition coefficient (Wildman–Crippen LogP) is 9.83. The van der Waals surface area contributed by atoms with Crippen molar-refractivity contribution in [3.8, 4) is 5.75 Å². The fourth-order valence-electron chi connectivity index (χ4n) is 6.37. The number of hydrogen-bond donors (Lipinski definition) is 0. The summed E-state index contributed by atoms with van der Waals surface area (Å²) < 4.78 is 7.78. The molecular weight excluding hydrogens is 506 g/mol. The zero-order valence-corrected chi connectivity index (χ0v) is 25.8. The molecule has 3 aromatic rings. The lowest BCUT2D eigenvalue weighted by atomic mass is 10.0.